The summed E-state index contributed by atoms with van der Waals surface area (Å²) in [5.41, 5.74) is 6.85. The number of hydrogen-bond acceptors (Lipinski definition) is 2. The minimum Gasteiger partial charge on any atom is -0.488 e. The average molecular weight is 330 g/mol. The van der Waals surface area contributed by atoms with Gasteiger partial charge in [0.15, 0.2) is 0 Å². The molecule has 0 aliphatic heterocycles. The standard InChI is InChI=1S/C14H11Cl3N2O/c15-9-2-3-10(14(18)19)13(6-9)20-7-8-1-4-11(16)12(17)5-8/h1-6H,7H2,(H3,18,19). The SMILES string of the molecule is N=C(N)c1ccc(Cl)cc1OCc1ccc(Cl)c(Cl)c1. The molecule has 3 N–H and O–H groups in total. The second-order valence-electron chi connectivity index (χ2n) is 4.09. The van der Waals surface area contributed by atoms with Crippen molar-refractivity contribution in [3.8, 4) is 5.75 Å². The maximum atomic E-state index is 7.51. The number of ether oxygens (including phenoxy) is 1. The van der Waals surface area contributed by atoms with Gasteiger partial charge in [0.25, 0.3) is 0 Å². The van der Waals surface area contributed by atoms with E-state index in [0.29, 0.717) is 26.4 Å². The monoisotopic (exact) mass is 328 g/mol. The number of nitrogens with two attached hydrogens (primary N) is 1. The lowest BCUT2D eigenvalue weighted by atomic mass is 10.2. The average Bonchev–Trinajstić information content (AvgIpc) is 2.40. The van der Waals surface area contributed by atoms with E-state index < -0.39 is 0 Å². The van der Waals surface area contributed by atoms with Gasteiger partial charge in [0.1, 0.15) is 18.2 Å². The molecule has 104 valence electrons. The first-order valence-corrected chi connectivity index (χ1v) is 6.81. The molecule has 0 amide bonds. The number of nitrogen functional groups attached to an aromatic ring is 1. The third-order valence-corrected chi connectivity index (χ3v) is 3.59. The highest BCUT2D eigenvalue weighted by atomic mass is 35.5. The summed E-state index contributed by atoms with van der Waals surface area (Å²) >= 11 is 17.7. The third kappa shape index (κ3) is 3.57. The van der Waals surface area contributed by atoms with Crippen LogP contribution in [-0.4, -0.2) is 5.84 Å². The van der Waals surface area contributed by atoms with E-state index in [2.05, 4.69) is 0 Å². The van der Waals surface area contributed by atoms with Crippen LogP contribution in [0, 0.1) is 5.41 Å². The van der Waals surface area contributed by atoms with Crippen LogP contribution in [0.1, 0.15) is 11.1 Å². The van der Waals surface area contributed by atoms with Crippen LogP contribution in [0.25, 0.3) is 0 Å². The van der Waals surface area contributed by atoms with E-state index in [4.69, 9.17) is 50.7 Å². The fourth-order valence-corrected chi connectivity index (χ4v) is 2.11. The van der Waals surface area contributed by atoms with Crippen molar-refractivity contribution in [3.05, 3.63) is 62.6 Å². The second-order valence-corrected chi connectivity index (χ2v) is 5.34. The lowest BCUT2D eigenvalue weighted by Gasteiger charge is -2.11. The summed E-state index contributed by atoms with van der Waals surface area (Å²) in [5, 5.41) is 8.97. The van der Waals surface area contributed by atoms with Gasteiger partial charge in [-0.15, -0.1) is 0 Å². The number of amidine groups is 1. The van der Waals surface area contributed by atoms with E-state index in [9.17, 15) is 0 Å². The molecule has 0 saturated carbocycles. The molecular weight excluding hydrogens is 319 g/mol. The zero-order valence-electron chi connectivity index (χ0n) is 10.3. The Labute approximate surface area is 131 Å². The Bertz CT molecular complexity index is 659. The summed E-state index contributed by atoms with van der Waals surface area (Å²) < 4.78 is 5.65. The Kier molecular flexibility index (Phi) is 4.76. The van der Waals surface area contributed by atoms with Crippen LogP contribution >= 0.6 is 34.8 Å². The Morgan fingerprint density at radius 1 is 1.05 bits per heavy atom. The van der Waals surface area contributed by atoms with Crippen molar-refractivity contribution in [2.45, 2.75) is 6.61 Å². The third-order valence-electron chi connectivity index (χ3n) is 2.61. The van der Waals surface area contributed by atoms with E-state index in [0.717, 1.165) is 5.56 Å². The van der Waals surface area contributed by atoms with Crippen molar-refractivity contribution in [2.75, 3.05) is 0 Å². The van der Waals surface area contributed by atoms with E-state index in [1.165, 1.54) is 0 Å². The molecule has 2 aromatic rings. The molecule has 0 fully saturated rings. The van der Waals surface area contributed by atoms with Crippen LogP contribution in [0.2, 0.25) is 15.1 Å². The van der Waals surface area contributed by atoms with Gasteiger partial charge < -0.3 is 10.5 Å². The minimum atomic E-state index is -0.0780. The highest BCUT2D eigenvalue weighted by molar-refractivity contribution is 6.42. The molecule has 0 unspecified atom stereocenters. The molecule has 2 aromatic carbocycles. The Morgan fingerprint density at radius 2 is 1.80 bits per heavy atom. The Balaban J connectivity index is 2.20. The molecule has 0 aliphatic carbocycles. The summed E-state index contributed by atoms with van der Waals surface area (Å²) in [4.78, 5) is 0. The highest BCUT2D eigenvalue weighted by Gasteiger charge is 2.08. The van der Waals surface area contributed by atoms with Gasteiger partial charge in [-0.25, -0.2) is 0 Å². The van der Waals surface area contributed by atoms with Crippen LogP contribution in [-0.2, 0) is 6.61 Å². The van der Waals surface area contributed by atoms with Crippen LogP contribution in [0.5, 0.6) is 5.75 Å². The van der Waals surface area contributed by atoms with Crippen molar-refractivity contribution < 1.29 is 4.74 Å². The maximum Gasteiger partial charge on any atom is 0.132 e. The van der Waals surface area contributed by atoms with Gasteiger partial charge in [0.05, 0.1) is 15.6 Å². The molecule has 0 heterocycles. The van der Waals surface area contributed by atoms with Crippen molar-refractivity contribution in [1.29, 1.82) is 5.41 Å². The van der Waals surface area contributed by atoms with Gasteiger partial charge in [-0.3, -0.25) is 5.41 Å². The molecule has 3 nitrogen and oxygen atoms in total. The first kappa shape index (κ1) is 15.0. The van der Waals surface area contributed by atoms with Gasteiger partial charge in [-0.05, 0) is 35.9 Å². The summed E-state index contributed by atoms with van der Waals surface area (Å²) in [6.45, 7) is 0.275. The van der Waals surface area contributed by atoms with Crippen molar-refractivity contribution in [3.63, 3.8) is 0 Å². The number of hydrogen-bond donors (Lipinski definition) is 2. The van der Waals surface area contributed by atoms with Crippen molar-refractivity contribution in [1.82, 2.24) is 0 Å². The first-order chi connectivity index (χ1) is 9.47. The Hall–Kier alpha value is -1.42. The normalized spacial score (nSPS) is 10.3. The summed E-state index contributed by atoms with van der Waals surface area (Å²) in [6, 6.07) is 10.2. The molecule has 0 atom stereocenters. The van der Waals surface area contributed by atoms with Gasteiger partial charge in [-0.2, -0.15) is 0 Å². The number of halogens is 3. The highest BCUT2D eigenvalue weighted by Crippen LogP contribution is 2.26. The van der Waals surface area contributed by atoms with E-state index in [-0.39, 0.29) is 12.4 Å². The maximum absolute atomic E-state index is 7.51. The van der Waals surface area contributed by atoms with Gasteiger partial charge in [0.2, 0.25) is 0 Å². The molecule has 0 radical (unpaired) electrons. The van der Waals surface area contributed by atoms with Gasteiger partial charge >= 0.3 is 0 Å². The molecule has 2 rings (SSSR count). The molecule has 0 saturated heterocycles. The fraction of sp³-hybridized carbons (Fsp3) is 0.0714. The fourth-order valence-electron chi connectivity index (χ4n) is 1.63. The molecule has 0 aromatic heterocycles. The van der Waals surface area contributed by atoms with Gasteiger partial charge in [-0.1, -0.05) is 40.9 Å². The predicted octanol–water partition coefficient (Wildman–Crippen LogP) is 4.51. The number of rotatable bonds is 4. The summed E-state index contributed by atoms with van der Waals surface area (Å²) in [7, 11) is 0. The minimum absolute atomic E-state index is 0.0780. The number of benzene rings is 2. The zero-order chi connectivity index (χ0) is 14.7. The second kappa shape index (κ2) is 6.35. The van der Waals surface area contributed by atoms with Gasteiger partial charge in [0, 0.05) is 5.02 Å². The molecule has 6 heteroatoms. The largest absolute Gasteiger partial charge is 0.488 e. The quantitative estimate of drug-likeness (QED) is 0.640. The summed E-state index contributed by atoms with van der Waals surface area (Å²) in [5.74, 6) is 0.377. The molecule has 0 aliphatic rings. The lowest BCUT2D eigenvalue weighted by Crippen LogP contribution is -2.13. The number of nitrogens with one attached hydrogen (secondary N) is 1. The van der Waals surface area contributed by atoms with E-state index >= 15 is 0 Å². The smallest absolute Gasteiger partial charge is 0.132 e. The topological polar surface area (TPSA) is 59.1 Å². The zero-order valence-corrected chi connectivity index (χ0v) is 12.6. The van der Waals surface area contributed by atoms with Crippen LogP contribution < -0.4 is 10.5 Å². The first-order valence-electron chi connectivity index (χ1n) is 5.68. The molecule has 0 bridgehead atoms. The van der Waals surface area contributed by atoms with Crippen LogP contribution in [0.15, 0.2) is 36.4 Å². The van der Waals surface area contributed by atoms with Crippen molar-refractivity contribution >= 4 is 40.6 Å². The van der Waals surface area contributed by atoms with Crippen LogP contribution in [0.4, 0.5) is 0 Å². The van der Waals surface area contributed by atoms with Crippen molar-refractivity contribution in [2.24, 2.45) is 5.73 Å². The van der Waals surface area contributed by atoms with Crippen LogP contribution in [0.3, 0.4) is 0 Å². The Morgan fingerprint density at radius 3 is 2.45 bits per heavy atom. The van der Waals surface area contributed by atoms with E-state index in [1.54, 1.807) is 30.3 Å². The van der Waals surface area contributed by atoms with E-state index in [1.807, 2.05) is 6.07 Å². The molecule has 20 heavy (non-hydrogen) atoms. The lowest BCUT2D eigenvalue weighted by molar-refractivity contribution is 0.305. The predicted molar refractivity (Wildman–Crippen MR) is 83.3 cm³/mol. The molecule has 0 spiro atoms. The molecular formula is C14H11Cl3N2O. The summed E-state index contributed by atoms with van der Waals surface area (Å²) in [6.07, 6.45) is 0.